The summed E-state index contributed by atoms with van der Waals surface area (Å²) in [4.78, 5) is 2.59. The zero-order valence-electron chi connectivity index (χ0n) is 12.1. The van der Waals surface area contributed by atoms with Crippen LogP contribution in [0, 0.1) is 0 Å². The maximum absolute atomic E-state index is 6.00. The molecule has 2 aliphatic rings. The minimum Gasteiger partial charge on any atom is -0.383 e. The SMILES string of the molecule is CC1CN(C2CNc3ccccc3C2)CC(C)(C)O1. The number of hydrogen-bond donors (Lipinski definition) is 1. The average Bonchev–Trinajstić information content (AvgIpc) is 2.36. The summed E-state index contributed by atoms with van der Waals surface area (Å²) >= 11 is 0. The Morgan fingerprint density at radius 1 is 1.32 bits per heavy atom. The molecule has 3 heteroatoms. The van der Waals surface area contributed by atoms with Gasteiger partial charge in [-0.1, -0.05) is 18.2 Å². The van der Waals surface area contributed by atoms with E-state index in [0.717, 1.165) is 26.1 Å². The standard InChI is InChI=1S/C16H24N2O/c1-12-10-18(11-16(2,3)19-12)14-8-13-6-4-5-7-15(13)17-9-14/h4-7,12,14,17H,8-11H2,1-3H3. The Morgan fingerprint density at radius 3 is 2.89 bits per heavy atom. The number of nitrogens with zero attached hydrogens (tertiary/aromatic N) is 1. The quantitative estimate of drug-likeness (QED) is 0.839. The predicted molar refractivity (Wildman–Crippen MR) is 78.6 cm³/mol. The van der Waals surface area contributed by atoms with Gasteiger partial charge in [0.05, 0.1) is 11.7 Å². The average molecular weight is 260 g/mol. The fourth-order valence-electron chi connectivity index (χ4n) is 3.46. The zero-order chi connectivity index (χ0) is 13.5. The van der Waals surface area contributed by atoms with Crippen molar-refractivity contribution in [1.82, 2.24) is 4.90 Å². The molecule has 1 fully saturated rings. The largest absolute Gasteiger partial charge is 0.383 e. The van der Waals surface area contributed by atoms with Gasteiger partial charge in [-0.25, -0.2) is 0 Å². The van der Waals surface area contributed by atoms with Gasteiger partial charge in [-0.05, 0) is 38.8 Å². The summed E-state index contributed by atoms with van der Waals surface area (Å²) in [6.07, 6.45) is 1.47. The molecule has 1 N–H and O–H groups in total. The fraction of sp³-hybridized carbons (Fsp3) is 0.625. The number of hydrogen-bond acceptors (Lipinski definition) is 3. The first-order valence-corrected chi connectivity index (χ1v) is 7.27. The van der Waals surface area contributed by atoms with Crippen molar-refractivity contribution >= 4 is 5.69 Å². The minimum absolute atomic E-state index is 0.0331. The van der Waals surface area contributed by atoms with Crippen LogP contribution in [0.4, 0.5) is 5.69 Å². The van der Waals surface area contributed by atoms with Crippen molar-refractivity contribution in [3.8, 4) is 0 Å². The second-order valence-corrected chi connectivity index (χ2v) is 6.51. The van der Waals surface area contributed by atoms with Gasteiger partial charge in [-0.3, -0.25) is 4.90 Å². The summed E-state index contributed by atoms with van der Waals surface area (Å²) in [5.41, 5.74) is 2.71. The number of nitrogens with one attached hydrogen (secondary N) is 1. The molecule has 0 saturated carbocycles. The van der Waals surface area contributed by atoms with Crippen molar-refractivity contribution in [1.29, 1.82) is 0 Å². The molecule has 1 saturated heterocycles. The van der Waals surface area contributed by atoms with Crippen LogP contribution in [0.3, 0.4) is 0 Å². The third-order valence-electron chi connectivity index (χ3n) is 4.11. The lowest BCUT2D eigenvalue weighted by atomic mass is 9.95. The molecule has 3 rings (SSSR count). The molecule has 0 radical (unpaired) electrons. The van der Waals surface area contributed by atoms with Crippen molar-refractivity contribution in [2.24, 2.45) is 0 Å². The highest BCUT2D eigenvalue weighted by atomic mass is 16.5. The molecule has 0 spiro atoms. The molecule has 0 aromatic heterocycles. The van der Waals surface area contributed by atoms with E-state index in [1.807, 2.05) is 0 Å². The van der Waals surface area contributed by atoms with E-state index in [1.54, 1.807) is 0 Å². The molecule has 2 atom stereocenters. The van der Waals surface area contributed by atoms with Crippen molar-refractivity contribution in [3.63, 3.8) is 0 Å². The van der Waals surface area contributed by atoms with Crippen molar-refractivity contribution in [3.05, 3.63) is 29.8 Å². The molecule has 0 aliphatic carbocycles. The molecular weight excluding hydrogens is 236 g/mol. The Hall–Kier alpha value is -1.06. The smallest absolute Gasteiger partial charge is 0.0757 e. The van der Waals surface area contributed by atoms with Crippen LogP contribution in [0.15, 0.2) is 24.3 Å². The molecule has 0 amide bonds. The third kappa shape index (κ3) is 2.77. The third-order valence-corrected chi connectivity index (χ3v) is 4.11. The topological polar surface area (TPSA) is 24.5 Å². The lowest BCUT2D eigenvalue weighted by molar-refractivity contribution is -0.137. The van der Waals surface area contributed by atoms with Crippen LogP contribution >= 0.6 is 0 Å². The molecular formula is C16H24N2O. The van der Waals surface area contributed by atoms with Crippen LogP contribution in [0.25, 0.3) is 0 Å². The van der Waals surface area contributed by atoms with E-state index in [4.69, 9.17) is 4.74 Å². The summed E-state index contributed by atoms with van der Waals surface area (Å²) in [6.45, 7) is 9.67. The molecule has 2 aliphatic heterocycles. The van der Waals surface area contributed by atoms with E-state index in [1.165, 1.54) is 11.3 Å². The Kier molecular flexibility index (Phi) is 3.27. The predicted octanol–water partition coefficient (Wildman–Crippen LogP) is 2.52. The summed E-state index contributed by atoms with van der Waals surface area (Å²) < 4.78 is 6.00. The first kappa shape index (κ1) is 12.9. The second kappa shape index (κ2) is 4.80. The monoisotopic (exact) mass is 260 g/mol. The summed E-state index contributed by atoms with van der Waals surface area (Å²) in [5, 5.41) is 3.57. The summed E-state index contributed by atoms with van der Waals surface area (Å²) in [7, 11) is 0. The van der Waals surface area contributed by atoms with Gasteiger partial charge in [0, 0.05) is 31.4 Å². The zero-order valence-corrected chi connectivity index (χ0v) is 12.1. The normalized spacial score (nSPS) is 30.5. The maximum atomic E-state index is 6.00. The van der Waals surface area contributed by atoms with Crippen molar-refractivity contribution < 1.29 is 4.74 Å². The van der Waals surface area contributed by atoms with Crippen LogP contribution in [0.2, 0.25) is 0 Å². The van der Waals surface area contributed by atoms with Gasteiger partial charge < -0.3 is 10.1 Å². The molecule has 1 aromatic carbocycles. The van der Waals surface area contributed by atoms with Crippen molar-refractivity contribution in [2.75, 3.05) is 25.0 Å². The van der Waals surface area contributed by atoms with Gasteiger partial charge in [-0.15, -0.1) is 0 Å². The molecule has 0 bridgehead atoms. The van der Waals surface area contributed by atoms with E-state index in [-0.39, 0.29) is 5.60 Å². The number of rotatable bonds is 1. The fourth-order valence-corrected chi connectivity index (χ4v) is 3.46. The Labute approximate surface area is 115 Å². The van der Waals surface area contributed by atoms with Crippen LogP contribution in [0.5, 0.6) is 0 Å². The van der Waals surface area contributed by atoms with Gasteiger partial charge in [0.25, 0.3) is 0 Å². The van der Waals surface area contributed by atoms with Gasteiger partial charge >= 0.3 is 0 Å². The first-order chi connectivity index (χ1) is 9.03. The second-order valence-electron chi connectivity index (χ2n) is 6.51. The molecule has 1 aromatic rings. The first-order valence-electron chi connectivity index (χ1n) is 7.27. The van der Waals surface area contributed by atoms with E-state index in [9.17, 15) is 0 Å². The van der Waals surface area contributed by atoms with Crippen LogP contribution in [-0.4, -0.2) is 42.3 Å². The van der Waals surface area contributed by atoms with Gasteiger partial charge in [0.1, 0.15) is 0 Å². The molecule has 104 valence electrons. The van der Waals surface area contributed by atoms with Gasteiger partial charge in [0.15, 0.2) is 0 Å². The Morgan fingerprint density at radius 2 is 2.11 bits per heavy atom. The van der Waals surface area contributed by atoms with E-state index in [0.29, 0.717) is 12.1 Å². The highest BCUT2D eigenvalue weighted by molar-refractivity contribution is 5.53. The molecule has 2 unspecified atom stereocenters. The number of morpholine rings is 1. The number of anilines is 1. The van der Waals surface area contributed by atoms with E-state index >= 15 is 0 Å². The van der Waals surface area contributed by atoms with Gasteiger partial charge in [-0.2, -0.15) is 0 Å². The van der Waals surface area contributed by atoms with Gasteiger partial charge in [0.2, 0.25) is 0 Å². The van der Waals surface area contributed by atoms with E-state index in [2.05, 4.69) is 55.3 Å². The lowest BCUT2D eigenvalue weighted by Gasteiger charge is -2.46. The number of fused-ring (bicyclic) bond motifs is 1. The summed E-state index contributed by atoms with van der Waals surface area (Å²) in [5.74, 6) is 0. The van der Waals surface area contributed by atoms with Crippen LogP contribution < -0.4 is 5.32 Å². The highest BCUT2D eigenvalue weighted by Crippen LogP contribution is 2.28. The van der Waals surface area contributed by atoms with E-state index < -0.39 is 0 Å². The highest BCUT2D eigenvalue weighted by Gasteiger charge is 2.35. The number of ether oxygens (including phenoxy) is 1. The minimum atomic E-state index is -0.0331. The molecule has 2 heterocycles. The molecule has 3 nitrogen and oxygen atoms in total. The number of benzene rings is 1. The maximum Gasteiger partial charge on any atom is 0.0757 e. The van der Waals surface area contributed by atoms with Crippen LogP contribution in [-0.2, 0) is 11.2 Å². The Balaban J connectivity index is 1.74. The lowest BCUT2D eigenvalue weighted by Crippen LogP contribution is -2.57. The molecule has 19 heavy (non-hydrogen) atoms. The number of para-hydroxylation sites is 1. The van der Waals surface area contributed by atoms with Crippen molar-refractivity contribution in [2.45, 2.75) is 44.9 Å². The summed E-state index contributed by atoms with van der Waals surface area (Å²) in [6, 6.07) is 9.24. The Bertz CT molecular complexity index is 458. The van der Waals surface area contributed by atoms with Crippen LogP contribution in [0.1, 0.15) is 26.3 Å².